The Morgan fingerprint density at radius 1 is 0.864 bits per heavy atom. The van der Waals surface area contributed by atoms with E-state index in [0.717, 1.165) is 12.8 Å². The third kappa shape index (κ3) is 5.49. The summed E-state index contributed by atoms with van der Waals surface area (Å²) in [7, 11) is 0. The number of Topliss-reactive ketones (excluding diaryl/α,β-unsaturated/α-hetero) is 1. The van der Waals surface area contributed by atoms with E-state index >= 15 is 0 Å². The predicted octanol–water partition coefficient (Wildman–Crippen LogP) is 2.89. The van der Waals surface area contributed by atoms with Crippen molar-refractivity contribution in [1.29, 1.82) is 0 Å². The molecule has 0 aromatic carbocycles. The first kappa shape index (κ1) is 19.3. The lowest BCUT2D eigenvalue weighted by atomic mass is 9.88. The molecule has 22 heavy (non-hydrogen) atoms. The standard InChI is InChI=1S/C18H32O4/c1-2-3-4-5-6-7-8-9-10-11-12-15(19)18(22)16(20)13-14-17(18)21/h13-14,16-17,20-22H,2-12H2,1H3/t16-,17?,18?/m0/s1. The third-order valence-corrected chi connectivity index (χ3v) is 4.58. The lowest BCUT2D eigenvalue weighted by Crippen LogP contribution is -2.53. The Hall–Kier alpha value is -0.710. The van der Waals surface area contributed by atoms with Crippen LogP contribution in [0.2, 0.25) is 0 Å². The van der Waals surface area contributed by atoms with E-state index in [1.54, 1.807) is 0 Å². The van der Waals surface area contributed by atoms with E-state index in [0.29, 0.717) is 6.42 Å². The van der Waals surface area contributed by atoms with E-state index in [1.807, 2.05) is 0 Å². The summed E-state index contributed by atoms with van der Waals surface area (Å²) in [6.07, 6.45) is 11.9. The number of unbranched alkanes of at least 4 members (excludes halogenated alkanes) is 9. The van der Waals surface area contributed by atoms with Gasteiger partial charge >= 0.3 is 0 Å². The van der Waals surface area contributed by atoms with E-state index in [-0.39, 0.29) is 6.42 Å². The van der Waals surface area contributed by atoms with Crippen molar-refractivity contribution in [3.63, 3.8) is 0 Å². The number of hydrogen-bond acceptors (Lipinski definition) is 4. The van der Waals surface area contributed by atoms with E-state index in [4.69, 9.17) is 0 Å². The van der Waals surface area contributed by atoms with Crippen LogP contribution in [0.15, 0.2) is 12.2 Å². The Labute approximate surface area is 134 Å². The van der Waals surface area contributed by atoms with Gasteiger partial charge in [0.2, 0.25) is 0 Å². The van der Waals surface area contributed by atoms with Crippen LogP contribution >= 0.6 is 0 Å². The molecule has 4 heteroatoms. The first-order valence-corrected chi connectivity index (χ1v) is 8.83. The summed E-state index contributed by atoms with van der Waals surface area (Å²) in [4.78, 5) is 12.0. The molecule has 0 bridgehead atoms. The van der Waals surface area contributed by atoms with Gasteiger partial charge in [0.1, 0.15) is 12.2 Å². The lowest BCUT2D eigenvalue weighted by Gasteiger charge is -2.28. The maximum absolute atomic E-state index is 12.0. The monoisotopic (exact) mass is 312 g/mol. The molecule has 1 aliphatic rings. The second-order valence-electron chi connectivity index (χ2n) is 6.46. The summed E-state index contributed by atoms with van der Waals surface area (Å²) in [5.41, 5.74) is -2.03. The van der Waals surface area contributed by atoms with Crippen LogP contribution in [0, 0.1) is 0 Å². The number of ketones is 1. The molecule has 0 amide bonds. The van der Waals surface area contributed by atoms with Gasteiger partial charge in [-0.05, 0) is 6.42 Å². The molecule has 0 aromatic heterocycles. The van der Waals surface area contributed by atoms with E-state index in [9.17, 15) is 20.1 Å². The highest BCUT2D eigenvalue weighted by Gasteiger charge is 2.49. The number of carbonyl (C=O) groups is 1. The average Bonchev–Trinajstić information content (AvgIpc) is 2.77. The van der Waals surface area contributed by atoms with Crippen LogP contribution in [0.4, 0.5) is 0 Å². The second-order valence-corrected chi connectivity index (χ2v) is 6.46. The molecular weight excluding hydrogens is 280 g/mol. The van der Waals surface area contributed by atoms with Crippen LogP contribution in [0.3, 0.4) is 0 Å². The number of hydrogen-bond donors (Lipinski definition) is 3. The molecule has 3 atom stereocenters. The molecule has 0 heterocycles. The fraction of sp³-hybridized carbons (Fsp3) is 0.833. The number of aliphatic hydroxyl groups is 3. The van der Waals surface area contributed by atoms with Crippen LogP contribution in [0.5, 0.6) is 0 Å². The van der Waals surface area contributed by atoms with Crippen molar-refractivity contribution < 1.29 is 20.1 Å². The van der Waals surface area contributed by atoms with Crippen LogP contribution in [0.1, 0.15) is 77.6 Å². The smallest absolute Gasteiger partial charge is 0.181 e. The zero-order chi connectivity index (χ0) is 16.4. The molecule has 1 rings (SSSR count). The van der Waals surface area contributed by atoms with Gasteiger partial charge in [-0.3, -0.25) is 4.79 Å². The Morgan fingerprint density at radius 3 is 1.73 bits per heavy atom. The molecule has 0 aromatic rings. The predicted molar refractivity (Wildman–Crippen MR) is 87.6 cm³/mol. The minimum Gasteiger partial charge on any atom is -0.385 e. The van der Waals surface area contributed by atoms with Crippen molar-refractivity contribution >= 4 is 5.78 Å². The highest BCUT2D eigenvalue weighted by molar-refractivity contribution is 5.89. The maximum atomic E-state index is 12.0. The van der Waals surface area contributed by atoms with Crippen molar-refractivity contribution in [2.75, 3.05) is 0 Å². The number of aliphatic hydroxyl groups excluding tert-OH is 2. The molecule has 1 aliphatic carbocycles. The largest absolute Gasteiger partial charge is 0.385 e. The topological polar surface area (TPSA) is 77.8 Å². The molecular formula is C18H32O4. The van der Waals surface area contributed by atoms with Crippen molar-refractivity contribution in [3.05, 3.63) is 12.2 Å². The van der Waals surface area contributed by atoms with Crippen molar-refractivity contribution in [2.45, 2.75) is 95.4 Å². The van der Waals surface area contributed by atoms with Crippen molar-refractivity contribution in [3.8, 4) is 0 Å². The molecule has 2 unspecified atom stereocenters. The van der Waals surface area contributed by atoms with Crippen LogP contribution in [-0.4, -0.2) is 38.9 Å². The van der Waals surface area contributed by atoms with Gasteiger partial charge in [0.05, 0.1) is 0 Å². The highest BCUT2D eigenvalue weighted by Crippen LogP contribution is 2.27. The molecule has 4 nitrogen and oxygen atoms in total. The molecule has 128 valence electrons. The molecule has 0 aliphatic heterocycles. The molecule has 0 radical (unpaired) electrons. The number of rotatable bonds is 12. The molecule has 0 saturated heterocycles. The quantitative estimate of drug-likeness (QED) is 0.382. The Kier molecular flexibility index (Phi) is 8.91. The van der Waals surface area contributed by atoms with Crippen LogP contribution in [0.25, 0.3) is 0 Å². The Bertz CT molecular complexity index is 339. The van der Waals surface area contributed by atoms with Gasteiger partial charge in [-0.25, -0.2) is 0 Å². The van der Waals surface area contributed by atoms with Gasteiger partial charge in [-0.1, -0.05) is 76.9 Å². The lowest BCUT2D eigenvalue weighted by molar-refractivity contribution is -0.157. The highest BCUT2D eigenvalue weighted by atomic mass is 16.4. The van der Waals surface area contributed by atoms with Gasteiger partial charge in [-0.15, -0.1) is 0 Å². The maximum Gasteiger partial charge on any atom is 0.181 e. The minimum absolute atomic E-state index is 0.211. The van der Waals surface area contributed by atoms with Crippen molar-refractivity contribution in [1.82, 2.24) is 0 Å². The van der Waals surface area contributed by atoms with Gasteiger partial charge in [0.25, 0.3) is 0 Å². The molecule has 0 fully saturated rings. The summed E-state index contributed by atoms with van der Waals surface area (Å²) in [6, 6.07) is 0. The Balaban J connectivity index is 2.04. The summed E-state index contributed by atoms with van der Waals surface area (Å²) in [5, 5.41) is 29.4. The van der Waals surface area contributed by atoms with E-state index in [1.165, 1.54) is 57.1 Å². The fourth-order valence-electron chi connectivity index (χ4n) is 2.98. The van der Waals surface area contributed by atoms with Gasteiger partial charge in [0, 0.05) is 6.42 Å². The van der Waals surface area contributed by atoms with Crippen molar-refractivity contribution in [2.24, 2.45) is 0 Å². The zero-order valence-corrected chi connectivity index (χ0v) is 13.8. The average molecular weight is 312 g/mol. The number of carbonyl (C=O) groups excluding carboxylic acids is 1. The third-order valence-electron chi connectivity index (χ3n) is 4.58. The Morgan fingerprint density at radius 2 is 1.27 bits per heavy atom. The molecule has 0 saturated carbocycles. The summed E-state index contributed by atoms with van der Waals surface area (Å²) < 4.78 is 0. The fourth-order valence-corrected chi connectivity index (χ4v) is 2.98. The van der Waals surface area contributed by atoms with Crippen LogP contribution in [-0.2, 0) is 4.79 Å². The SMILES string of the molecule is CCCCCCCCCCCCC(=O)C1(O)C(O)C=C[C@@H]1O. The van der Waals surface area contributed by atoms with Gasteiger partial charge in [0.15, 0.2) is 11.4 Å². The molecule has 3 N–H and O–H groups in total. The van der Waals surface area contributed by atoms with Crippen LogP contribution < -0.4 is 0 Å². The molecule has 0 spiro atoms. The normalized spacial score (nSPS) is 27.5. The zero-order valence-electron chi connectivity index (χ0n) is 13.8. The van der Waals surface area contributed by atoms with Gasteiger partial charge < -0.3 is 15.3 Å². The van der Waals surface area contributed by atoms with Gasteiger partial charge in [-0.2, -0.15) is 0 Å². The summed E-state index contributed by atoms with van der Waals surface area (Å²) in [6.45, 7) is 2.22. The minimum atomic E-state index is -2.03. The second kappa shape index (κ2) is 10.1. The summed E-state index contributed by atoms with van der Waals surface area (Å²) >= 11 is 0. The summed E-state index contributed by atoms with van der Waals surface area (Å²) in [5.74, 6) is -0.461. The van der Waals surface area contributed by atoms with E-state index in [2.05, 4.69) is 6.92 Å². The first-order chi connectivity index (χ1) is 10.5. The van der Waals surface area contributed by atoms with E-state index < -0.39 is 23.6 Å². The first-order valence-electron chi connectivity index (χ1n) is 8.83.